The molecule has 0 bridgehead atoms. The van der Waals surface area contributed by atoms with Crippen LogP contribution in [0.5, 0.6) is 5.75 Å². The molecule has 0 unspecified atom stereocenters. The third kappa shape index (κ3) is 6.41. The molecule has 1 aliphatic heterocycles. The fourth-order valence-electron chi connectivity index (χ4n) is 4.52. The van der Waals surface area contributed by atoms with Gasteiger partial charge < -0.3 is 14.6 Å². The Bertz CT molecular complexity index is 1270. The predicted octanol–water partition coefficient (Wildman–Crippen LogP) is 5.38. The third-order valence-electron chi connectivity index (χ3n) is 6.28. The van der Waals surface area contributed by atoms with Gasteiger partial charge in [0.2, 0.25) is 10.0 Å². The van der Waals surface area contributed by atoms with Crippen molar-refractivity contribution in [3.8, 4) is 5.75 Å². The topological polar surface area (TPSA) is 76.5 Å². The summed E-state index contributed by atoms with van der Waals surface area (Å²) in [5.74, 6) is 2.02. The summed E-state index contributed by atoms with van der Waals surface area (Å²) < 4.78 is 36.3. The van der Waals surface area contributed by atoms with Gasteiger partial charge in [-0.05, 0) is 54.7 Å². The summed E-state index contributed by atoms with van der Waals surface area (Å²) in [6.07, 6.45) is 6.40. The molecule has 1 N–H and O–H groups in total. The molecule has 1 aliphatic rings. The summed E-state index contributed by atoms with van der Waals surface area (Å²) in [6.45, 7) is 6.35. The van der Waals surface area contributed by atoms with Gasteiger partial charge in [0.1, 0.15) is 16.5 Å². The minimum Gasteiger partial charge on any atom is -0.497 e. The Morgan fingerprint density at radius 2 is 2.03 bits per heavy atom. The Balaban J connectivity index is 1.45. The standard InChI is InChI=1S/C27H35ClN4O3S/c1-20(2)17-32(18-21-7-6-8-24(15-21)35-3)36(33,34)26-11-10-22(16-25(26)28)29-13-12-23-19-31-14-5-4-9-27(31)30-23/h6-8,10-11,15-16,19-20,29H,4-5,9,12-14,17-18H2,1-3H3. The van der Waals surface area contributed by atoms with E-state index in [0.717, 1.165) is 36.3 Å². The van der Waals surface area contributed by atoms with Crippen molar-refractivity contribution < 1.29 is 13.2 Å². The first-order valence-corrected chi connectivity index (χ1v) is 14.3. The van der Waals surface area contributed by atoms with E-state index in [1.54, 1.807) is 25.3 Å². The first-order valence-electron chi connectivity index (χ1n) is 12.5. The number of aromatic nitrogens is 2. The summed E-state index contributed by atoms with van der Waals surface area (Å²) in [6, 6.07) is 12.5. The van der Waals surface area contributed by atoms with Crippen LogP contribution in [0.1, 0.15) is 43.8 Å². The SMILES string of the molecule is COc1cccc(CN(CC(C)C)S(=O)(=O)c2ccc(NCCc3cn4c(n3)CCCC4)cc2Cl)c1. The average molecular weight is 531 g/mol. The highest BCUT2D eigenvalue weighted by Crippen LogP contribution is 2.29. The highest BCUT2D eigenvalue weighted by molar-refractivity contribution is 7.89. The molecule has 0 saturated heterocycles. The summed E-state index contributed by atoms with van der Waals surface area (Å²) in [4.78, 5) is 4.85. The van der Waals surface area contributed by atoms with Crippen LogP contribution in [0, 0.1) is 5.92 Å². The molecule has 0 aliphatic carbocycles. The molecule has 0 amide bonds. The highest BCUT2D eigenvalue weighted by Gasteiger charge is 2.28. The van der Waals surface area contributed by atoms with Crippen molar-refractivity contribution in [2.75, 3.05) is 25.5 Å². The first kappa shape index (κ1) is 26.5. The lowest BCUT2D eigenvalue weighted by Gasteiger charge is -2.25. The van der Waals surface area contributed by atoms with Gasteiger partial charge in [-0.15, -0.1) is 0 Å². The van der Waals surface area contributed by atoms with Crippen molar-refractivity contribution >= 4 is 27.3 Å². The number of methoxy groups -OCH3 is 1. The van der Waals surface area contributed by atoms with Gasteiger partial charge in [0.05, 0.1) is 17.8 Å². The van der Waals surface area contributed by atoms with Crippen LogP contribution in [0.15, 0.2) is 53.6 Å². The van der Waals surface area contributed by atoms with Crippen LogP contribution < -0.4 is 10.1 Å². The number of nitrogens with one attached hydrogen (secondary N) is 1. The number of benzene rings is 2. The van der Waals surface area contributed by atoms with Gasteiger partial charge in [0.15, 0.2) is 0 Å². The number of imidazole rings is 1. The lowest BCUT2D eigenvalue weighted by Crippen LogP contribution is -2.34. The molecule has 0 spiro atoms. The molecule has 0 fully saturated rings. The van der Waals surface area contributed by atoms with Gasteiger partial charge in [-0.25, -0.2) is 13.4 Å². The summed E-state index contributed by atoms with van der Waals surface area (Å²) in [5.41, 5.74) is 2.71. The average Bonchev–Trinajstić information content (AvgIpc) is 3.26. The molecule has 1 aromatic heterocycles. The Morgan fingerprint density at radius 3 is 2.75 bits per heavy atom. The number of rotatable bonds is 11. The number of hydrogen-bond acceptors (Lipinski definition) is 5. The summed E-state index contributed by atoms with van der Waals surface area (Å²) in [7, 11) is -2.21. The third-order valence-corrected chi connectivity index (χ3v) is 8.57. The molecule has 9 heteroatoms. The van der Waals surface area contributed by atoms with Crippen LogP contribution in [0.2, 0.25) is 5.02 Å². The molecule has 0 saturated carbocycles. The maximum Gasteiger partial charge on any atom is 0.244 e. The number of anilines is 1. The molecule has 4 rings (SSSR count). The summed E-state index contributed by atoms with van der Waals surface area (Å²) >= 11 is 6.53. The molecular formula is C27H35ClN4O3S. The Morgan fingerprint density at radius 1 is 1.19 bits per heavy atom. The van der Waals surface area contributed by atoms with E-state index in [1.807, 2.05) is 38.1 Å². The Hall–Kier alpha value is -2.55. The number of hydrogen-bond donors (Lipinski definition) is 1. The second-order valence-electron chi connectivity index (χ2n) is 9.66. The van der Waals surface area contributed by atoms with Crippen molar-refractivity contribution in [2.45, 2.75) is 57.5 Å². The monoisotopic (exact) mass is 530 g/mol. The predicted molar refractivity (Wildman–Crippen MR) is 144 cm³/mol. The second kappa shape index (κ2) is 11.7. The lowest BCUT2D eigenvalue weighted by molar-refractivity contribution is 0.360. The van der Waals surface area contributed by atoms with E-state index in [1.165, 1.54) is 23.0 Å². The number of sulfonamides is 1. The van der Waals surface area contributed by atoms with E-state index in [9.17, 15) is 8.42 Å². The zero-order valence-corrected chi connectivity index (χ0v) is 22.8. The smallest absolute Gasteiger partial charge is 0.244 e. The van der Waals surface area contributed by atoms with Crippen LogP contribution >= 0.6 is 11.6 Å². The van der Waals surface area contributed by atoms with Crippen molar-refractivity contribution in [2.24, 2.45) is 5.92 Å². The zero-order chi connectivity index (χ0) is 25.7. The maximum absolute atomic E-state index is 13.6. The van der Waals surface area contributed by atoms with Crippen LogP contribution in [0.4, 0.5) is 5.69 Å². The largest absolute Gasteiger partial charge is 0.497 e. The van der Waals surface area contributed by atoms with E-state index in [2.05, 4.69) is 16.1 Å². The Labute approximate surface area is 219 Å². The minimum atomic E-state index is -3.81. The normalized spacial score (nSPS) is 13.7. The van der Waals surface area contributed by atoms with Crippen LogP contribution in [-0.2, 0) is 36.0 Å². The number of aryl methyl sites for hydroxylation is 2. The van der Waals surface area contributed by atoms with Gasteiger partial charge in [-0.3, -0.25) is 0 Å². The van der Waals surface area contributed by atoms with Gasteiger partial charge in [-0.1, -0.05) is 37.6 Å². The first-order chi connectivity index (χ1) is 17.3. The van der Waals surface area contributed by atoms with Crippen molar-refractivity contribution in [1.29, 1.82) is 0 Å². The van der Waals surface area contributed by atoms with E-state index in [4.69, 9.17) is 21.3 Å². The number of halogens is 1. The maximum atomic E-state index is 13.6. The number of nitrogens with zero attached hydrogens (tertiary/aromatic N) is 3. The Kier molecular flexibility index (Phi) is 8.59. The quantitative estimate of drug-likeness (QED) is 0.360. The number of fused-ring (bicyclic) bond motifs is 1. The van der Waals surface area contributed by atoms with Crippen LogP contribution in [0.25, 0.3) is 0 Å². The molecule has 194 valence electrons. The molecular weight excluding hydrogens is 496 g/mol. The fourth-order valence-corrected chi connectivity index (χ4v) is 6.63. The molecule has 36 heavy (non-hydrogen) atoms. The molecule has 0 radical (unpaired) electrons. The van der Waals surface area contributed by atoms with Gasteiger partial charge in [0, 0.05) is 50.9 Å². The van der Waals surface area contributed by atoms with Crippen molar-refractivity contribution in [1.82, 2.24) is 13.9 Å². The van der Waals surface area contributed by atoms with Crippen molar-refractivity contribution in [3.05, 3.63) is 70.8 Å². The van der Waals surface area contributed by atoms with E-state index in [-0.39, 0.29) is 22.4 Å². The molecule has 7 nitrogen and oxygen atoms in total. The van der Waals surface area contributed by atoms with Gasteiger partial charge >= 0.3 is 0 Å². The lowest BCUT2D eigenvalue weighted by atomic mass is 10.2. The molecule has 2 aromatic carbocycles. The summed E-state index contributed by atoms with van der Waals surface area (Å²) in [5, 5.41) is 3.56. The van der Waals surface area contributed by atoms with Crippen LogP contribution in [0.3, 0.4) is 0 Å². The van der Waals surface area contributed by atoms with Gasteiger partial charge in [0.25, 0.3) is 0 Å². The number of ether oxygens (including phenoxy) is 1. The fraction of sp³-hybridized carbons (Fsp3) is 0.444. The minimum absolute atomic E-state index is 0.111. The molecule has 2 heterocycles. The highest BCUT2D eigenvalue weighted by atomic mass is 35.5. The van der Waals surface area contributed by atoms with Gasteiger partial charge in [-0.2, -0.15) is 4.31 Å². The molecule has 0 atom stereocenters. The van der Waals surface area contributed by atoms with E-state index in [0.29, 0.717) is 18.8 Å². The zero-order valence-electron chi connectivity index (χ0n) is 21.2. The van der Waals surface area contributed by atoms with E-state index < -0.39 is 10.0 Å². The van der Waals surface area contributed by atoms with Crippen molar-refractivity contribution in [3.63, 3.8) is 0 Å². The van der Waals surface area contributed by atoms with Crippen LogP contribution in [-0.4, -0.2) is 42.5 Å². The van der Waals surface area contributed by atoms with E-state index >= 15 is 0 Å². The molecule has 3 aromatic rings. The second-order valence-corrected chi connectivity index (χ2v) is 12.0.